The molecule has 19 heavy (non-hydrogen) atoms. The summed E-state index contributed by atoms with van der Waals surface area (Å²) in [6, 6.07) is 7.69. The second-order valence-electron chi connectivity index (χ2n) is 3.89. The zero-order valence-electron chi connectivity index (χ0n) is 9.63. The number of hydrogen-bond donors (Lipinski definition) is 2. The van der Waals surface area contributed by atoms with Crippen LogP contribution in [0, 0.1) is 17.5 Å². The van der Waals surface area contributed by atoms with E-state index in [1.54, 1.807) is 24.3 Å². The average molecular weight is 287 g/mol. The van der Waals surface area contributed by atoms with Crippen LogP contribution in [0.2, 0.25) is 5.02 Å². The molecular weight excluding hydrogens is 277 g/mol. The van der Waals surface area contributed by atoms with Crippen LogP contribution in [0.25, 0.3) is 0 Å². The maximum atomic E-state index is 13.8. The van der Waals surface area contributed by atoms with Gasteiger partial charge in [0.2, 0.25) is 0 Å². The summed E-state index contributed by atoms with van der Waals surface area (Å²) >= 11 is 5.99. The Balaban J connectivity index is 2.55. The molecule has 0 saturated carbocycles. The Hall–Kier alpha value is -1.56. The van der Waals surface area contributed by atoms with Gasteiger partial charge in [0.1, 0.15) is 0 Å². The van der Waals surface area contributed by atoms with Crippen LogP contribution in [-0.4, -0.2) is 0 Å². The molecule has 0 amide bonds. The number of hydrazine groups is 1. The molecule has 0 aliphatic heterocycles. The van der Waals surface area contributed by atoms with Gasteiger partial charge < -0.3 is 0 Å². The number of nitrogens with two attached hydrogens (primary N) is 1. The van der Waals surface area contributed by atoms with Gasteiger partial charge in [-0.05, 0) is 17.7 Å². The number of rotatable bonds is 3. The fourth-order valence-electron chi connectivity index (χ4n) is 1.82. The Kier molecular flexibility index (Phi) is 4.09. The summed E-state index contributed by atoms with van der Waals surface area (Å²) < 4.78 is 39.9. The lowest BCUT2D eigenvalue weighted by atomic mass is 9.98. The van der Waals surface area contributed by atoms with Gasteiger partial charge >= 0.3 is 0 Å². The number of halogens is 4. The van der Waals surface area contributed by atoms with Crippen LogP contribution >= 0.6 is 11.6 Å². The van der Waals surface area contributed by atoms with Crippen LogP contribution in [0.3, 0.4) is 0 Å². The number of nitrogens with one attached hydrogen (secondary N) is 1. The Bertz CT molecular complexity index is 604. The lowest BCUT2D eigenvalue weighted by Gasteiger charge is -2.19. The largest absolute Gasteiger partial charge is 0.271 e. The highest BCUT2D eigenvalue weighted by Gasteiger charge is 2.22. The Labute approximate surface area is 113 Å². The van der Waals surface area contributed by atoms with Crippen molar-refractivity contribution in [2.24, 2.45) is 5.84 Å². The molecule has 2 nitrogen and oxygen atoms in total. The summed E-state index contributed by atoms with van der Waals surface area (Å²) in [6.45, 7) is 0. The Morgan fingerprint density at radius 1 is 0.947 bits per heavy atom. The van der Waals surface area contributed by atoms with E-state index in [1.807, 2.05) is 0 Å². The molecule has 0 spiro atoms. The molecule has 0 fully saturated rings. The fourth-order valence-corrected chi connectivity index (χ4v) is 2.06. The normalized spacial score (nSPS) is 12.5. The summed E-state index contributed by atoms with van der Waals surface area (Å²) in [5.41, 5.74) is 2.70. The lowest BCUT2D eigenvalue weighted by molar-refractivity contribution is 0.433. The summed E-state index contributed by atoms with van der Waals surface area (Å²) in [7, 11) is 0. The van der Waals surface area contributed by atoms with E-state index in [0.717, 1.165) is 12.1 Å². The first kappa shape index (κ1) is 13.9. The third-order valence-electron chi connectivity index (χ3n) is 2.76. The van der Waals surface area contributed by atoms with Crippen LogP contribution in [0.1, 0.15) is 17.2 Å². The van der Waals surface area contributed by atoms with Gasteiger partial charge in [0.25, 0.3) is 0 Å². The molecule has 1 unspecified atom stereocenters. The van der Waals surface area contributed by atoms with E-state index in [9.17, 15) is 13.2 Å². The highest BCUT2D eigenvalue weighted by molar-refractivity contribution is 6.31. The molecular formula is C13H10ClF3N2. The summed E-state index contributed by atoms with van der Waals surface area (Å²) in [5.74, 6) is 1.29. The molecule has 3 N–H and O–H groups in total. The molecule has 0 radical (unpaired) electrons. The van der Waals surface area contributed by atoms with E-state index in [-0.39, 0.29) is 5.56 Å². The lowest BCUT2D eigenvalue weighted by Crippen LogP contribution is -2.30. The van der Waals surface area contributed by atoms with Crippen LogP contribution < -0.4 is 11.3 Å². The number of benzene rings is 2. The summed E-state index contributed by atoms with van der Waals surface area (Å²) in [6.07, 6.45) is 0. The van der Waals surface area contributed by atoms with E-state index in [4.69, 9.17) is 17.4 Å². The van der Waals surface area contributed by atoms with Gasteiger partial charge in [-0.15, -0.1) is 0 Å². The molecule has 0 heterocycles. The molecule has 6 heteroatoms. The van der Waals surface area contributed by atoms with Gasteiger partial charge in [0, 0.05) is 10.6 Å². The van der Waals surface area contributed by atoms with E-state index in [1.165, 1.54) is 0 Å². The molecule has 0 bridgehead atoms. The van der Waals surface area contributed by atoms with Gasteiger partial charge in [-0.1, -0.05) is 35.9 Å². The quantitative estimate of drug-likeness (QED) is 0.516. The maximum Gasteiger partial charge on any atom is 0.194 e. The van der Waals surface area contributed by atoms with Crippen molar-refractivity contribution in [3.05, 3.63) is 70.0 Å². The molecule has 2 aromatic rings. The smallest absolute Gasteiger partial charge is 0.194 e. The Morgan fingerprint density at radius 2 is 1.63 bits per heavy atom. The van der Waals surface area contributed by atoms with Crippen LogP contribution in [0.15, 0.2) is 36.4 Å². The standard InChI is InChI=1S/C13H10ClF3N2/c14-9-4-2-1-3-7(9)13(19-18)8-5-6-10(15)12(17)11(8)16/h1-6,13,19H,18H2. The predicted octanol–water partition coefficient (Wildman–Crippen LogP) is 3.31. The second kappa shape index (κ2) is 5.61. The highest BCUT2D eigenvalue weighted by Crippen LogP contribution is 2.30. The minimum atomic E-state index is -1.54. The van der Waals surface area contributed by atoms with Crippen molar-refractivity contribution in [1.29, 1.82) is 0 Å². The molecule has 0 saturated heterocycles. The summed E-state index contributed by atoms with van der Waals surface area (Å²) in [4.78, 5) is 0. The van der Waals surface area contributed by atoms with Crippen LogP contribution in [-0.2, 0) is 0 Å². The first-order chi connectivity index (χ1) is 9.06. The molecule has 2 rings (SSSR count). The van der Waals surface area contributed by atoms with E-state index in [2.05, 4.69) is 5.43 Å². The first-order valence-corrected chi connectivity index (χ1v) is 5.78. The topological polar surface area (TPSA) is 38.0 Å². The van der Waals surface area contributed by atoms with Crippen molar-refractivity contribution in [1.82, 2.24) is 5.43 Å². The van der Waals surface area contributed by atoms with Gasteiger partial charge in [-0.25, -0.2) is 18.6 Å². The van der Waals surface area contributed by atoms with E-state index in [0.29, 0.717) is 10.6 Å². The zero-order chi connectivity index (χ0) is 14.0. The monoisotopic (exact) mass is 286 g/mol. The van der Waals surface area contributed by atoms with Crippen molar-refractivity contribution < 1.29 is 13.2 Å². The van der Waals surface area contributed by atoms with Crippen molar-refractivity contribution in [2.45, 2.75) is 6.04 Å². The molecule has 0 aromatic heterocycles. The third kappa shape index (κ3) is 2.58. The first-order valence-electron chi connectivity index (χ1n) is 5.40. The molecule has 2 aromatic carbocycles. The number of hydrogen-bond acceptors (Lipinski definition) is 2. The van der Waals surface area contributed by atoms with Crippen LogP contribution in [0.5, 0.6) is 0 Å². The maximum absolute atomic E-state index is 13.8. The predicted molar refractivity (Wildman–Crippen MR) is 66.9 cm³/mol. The molecule has 1 atom stereocenters. The minimum Gasteiger partial charge on any atom is -0.271 e. The Morgan fingerprint density at radius 3 is 2.26 bits per heavy atom. The molecule has 0 aliphatic rings. The van der Waals surface area contributed by atoms with Crippen molar-refractivity contribution in [2.75, 3.05) is 0 Å². The SMILES string of the molecule is NNC(c1ccccc1Cl)c1ccc(F)c(F)c1F. The molecule has 100 valence electrons. The van der Waals surface area contributed by atoms with Crippen molar-refractivity contribution >= 4 is 11.6 Å². The fraction of sp³-hybridized carbons (Fsp3) is 0.0769. The van der Waals surface area contributed by atoms with E-state index < -0.39 is 23.5 Å². The second-order valence-corrected chi connectivity index (χ2v) is 4.29. The van der Waals surface area contributed by atoms with Gasteiger partial charge in [0.05, 0.1) is 6.04 Å². The molecule has 0 aliphatic carbocycles. The van der Waals surface area contributed by atoms with E-state index >= 15 is 0 Å². The van der Waals surface area contributed by atoms with Gasteiger partial charge in [-0.2, -0.15) is 0 Å². The highest BCUT2D eigenvalue weighted by atomic mass is 35.5. The zero-order valence-corrected chi connectivity index (χ0v) is 10.4. The van der Waals surface area contributed by atoms with Crippen LogP contribution in [0.4, 0.5) is 13.2 Å². The summed E-state index contributed by atoms with van der Waals surface area (Å²) in [5, 5.41) is 0.342. The minimum absolute atomic E-state index is 0.116. The van der Waals surface area contributed by atoms with Crippen molar-refractivity contribution in [3.8, 4) is 0 Å². The third-order valence-corrected chi connectivity index (χ3v) is 3.10. The van der Waals surface area contributed by atoms with Gasteiger partial charge in [0.15, 0.2) is 17.5 Å². The van der Waals surface area contributed by atoms with Crippen molar-refractivity contribution in [3.63, 3.8) is 0 Å². The van der Waals surface area contributed by atoms with Gasteiger partial charge in [-0.3, -0.25) is 5.84 Å². The average Bonchev–Trinajstić information content (AvgIpc) is 2.41.